The van der Waals surface area contributed by atoms with Gasteiger partial charge in [0, 0.05) is 17.2 Å². The molecule has 0 saturated heterocycles. The maximum atomic E-state index is 12.1. The van der Waals surface area contributed by atoms with E-state index in [1.54, 1.807) is 24.2 Å². The molecule has 1 amide bonds. The summed E-state index contributed by atoms with van der Waals surface area (Å²) in [6.45, 7) is 1.81. The molecule has 0 bridgehead atoms. The maximum Gasteiger partial charge on any atom is 0.304 e. The minimum absolute atomic E-state index is 0.157. The molecule has 1 aromatic carbocycles. The summed E-state index contributed by atoms with van der Waals surface area (Å²) in [5, 5.41) is 11.5. The fourth-order valence-corrected chi connectivity index (χ4v) is 3.37. The summed E-state index contributed by atoms with van der Waals surface area (Å²) in [5.74, 6) is 0.354. The Morgan fingerprint density at radius 3 is 2.91 bits per heavy atom. The smallest absolute Gasteiger partial charge is 0.304 e. The van der Waals surface area contributed by atoms with Crippen LogP contribution in [0.2, 0.25) is 0 Å². The molecule has 116 valence electrons. The Labute approximate surface area is 136 Å². The lowest BCUT2D eigenvalue weighted by Gasteiger charge is -2.07. The van der Waals surface area contributed by atoms with Crippen molar-refractivity contribution in [2.45, 2.75) is 19.1 Å². The van der Waals surface area contributed by atoms with Crippen LogP contribution in [-0.4, -0.2) is 27.7 Å². The molecule has 1 aromatic heterocycles. The van der Waals surface area contributed by atoms with Crippen LogP contribution in [-0.2, 0) is 10.5 Å². The molecule has 0 aliphatic heterocycles. The summed E-state index contributed by atoms with van der Waals surface area (Å²) >= 11 is 2.88. The third-order valence-corrected chi connectivity index (χ3v) is 4.82. The van der Waals surface area contributed by atoms with E-state index >= 15 is 0 Å². The number of nitrogens with one attached hydrogen (secondary N) is 1. The van der Waals surface area contributed by atoms with Gasteiger partial charge in [0.25, 0.3) is 5.91 Å². The Balaban J connectivity index is 1.92. The number of hydrogen-bond acceptors (Lipinski definition) is 5. The topological polar surface area (TPSA) is 79.3 Å². The Kier molecular flexibility index (Phi) is 5.97. The number of benzene rings is 1. The van der Waals surface area contributed by atoms with Gasteiger partial charge in [0.1, 0.15) is 4.88 Å². The lowest BCUT2D eigenvalue weighted by Crippen LogP contribution is -2.11. The normalized spacial score (nSPS) is 10.4. The number of hydrogen-bond donors (Lipinski definition) is 2. The van der Waals surface area contributed by atoms with Crippen molar-refractivity contribution in [2.24, 2.45) is 0 Å². The third kappa shape index (κ3) is 4.85. The number of carbonyl (C=O) groups is 2. The predicted molar refractivity (Wildman–Crippen MR) is 89.7 cm³/mol. The van der Waals surface area contributed by atoms with E-state index in [9.17, 15) is 9.59 Å². The molecule has 0 unspecified atom stereocenters. The van der Waals surface area contributed by atoms with Crippen LogP contribution in [0.3, 0.4) is 0 Å². The summed E-state index contributed by atoms with van der Waals surface area (Å²) in [6.07, 6.45) is 0.158. The number of aromatic nitrogens is 1. The fraction of sp³-hybridized carbons (Fsp3) is 0.267. The zero-order chi connectivity index (χ0) is 15.9. The Hall–Kier alpha value is -1.86. The molecule has 0 radical (unpaired) electrons. The van der Waals surface area contributed by atoms with Gasteiger partial charge in [0.15, 0.2) is 0 Å². The first-order chi connectivity index (χ1) is 10.6. The van der Waals surface area contributed by atoms with Crippen LogP contribution < -0.4 is 5.32 Å². The number of nitrogens with zero attached hydrogens (tertiary/aromatic N) is 1. The molecular formula is C15H16N2O3S2. The average molecular weight is 336 g/mol. The molecule has 0 aliphatic carbocycles. The first kappa shape index (κ1) is 16.5. The number of amides is 1. The number of carboxylic acids is 1. The minimum Gasteiger partial charge on any atom is -0.481 e. The SMILES string of the molecule is Cc1ncsc1C(=O)Nc1cccc(CSCCC(=O)O)c1. The summed E-state index contributed by atoms with van der Waals surface area (Å²) in [4.78, 5) is 27.3. The third-order valence-electron chi connectivity index (χ3n) is 2.87. The first-order valence-corrected chi connectivity index (χ1v) is 8.69. The molecule has 2 N–H and O–H groups in total. The molecule has 2 aromatic rings. The van der Waals surface area contributed by atoms with E-state index < -0.39 is 5.97 Å². The molecule has 22 heavy (non-hydrogen) atoms. The van der Waals surface area contributed by atoms with Crippen LogP contribution in [0, 0.1) is 6.92 Å². The van der Waals surface area contributed by atoms with E-state index in [2.05, 4.69) is 10.3 Å². The first-order valence-electron chi connectivity index (χ1n) is 6.66. The summed E-state index contributed by atoms with van der Waals surface area (Å²) in [5.41, 5.74) is 4.16. The van der Waals surface area contributed by atoms with Crippen molar-refractivity contribution in [1.82, 2.24) is 4.98 Å². The van der Waals surface area contributed by atoms with Gasteiger partial charge in [-0.2, -0.15) is 11.8 Å². The van der Waals surface area contributed by atoms with Gasteiger partial charge in [-0.1, -0.05) is 12.1 Å². The molecule has 1 heterocycles. The van der Waals surface area contributed by atoms with Gasteiger partial charge in [-0.15, -0.1) is 11.3 Å². The summed E-state index contributed by atoms with van der Waals surface area (Å²) in [7, 11) is 0. The second kappa shape index (κ2) is 7.95. The van der Waals surface area contributed by atoms with Crippen molar-refractivity contribution in [3.8, 4) is 0 Å². The quantitative estimate of drug-likeness (QED) is 0.758. The van der Waals surface area contributed by atoms with Crippen molar-refractivity contribution in [1.29, 1.82) is 0 Å². The maximum absolute atomic E-state index is 12.1. The van der Waals surface area contributed by atoms with Gasteiger partial charge >= 0.3 is 5.97 Å². The van der Waals surface area contributed by atoms with Crippen molar-refractivity contribution in [3.05, 3.63) is 45.9 Å². The van der Waals surface area contributed by atoms with Crippen molar-refractivity contribution in [2.75, 3.05) is 11.1 Å². The Morgan fingerprint density at radius 1 is 1.41 bits per heavy atom. The number of aryl methyl sites for hydroxylation is 1. The number of thioether (sulfide) groups is 1. The molecule has 0 fully saturated rings. The lowest BCUT2D eigenvalue weighted by molar-refractivity contribution is -0.136. The highest BCUT2D eigenvalue weighted by molar-refractivity contribution is 7.98. The van der Waals surface area contributed by atoms with Crippen LogP contribution in [0.25, 0.3) is 0 Å². The monoisotopic (exact) mass is 336 g/mol. The van der Waals surface area contributed by atoms with Crippen molar-refractivity contribution < 1.29 is 14.7 Å². The number of carbonyl (C=O) groups excluding carboxylic acids is 1. The molecule has 5 nitrogen and oxygen atoms in total. The number of aliphatic carboxylic acids is 1. The average Bonchev–Trinajstić information content (AvgIpc) is 2.90. The van der Waals surface area contributed by atoms with Crippen LogP contribution in [0.15, 0.2) is 29.8 Å². The minimum atomic E-state index is -0.784. The van der Waals surface area contributed by atoms with E-state index in [-0.39, 0.29) is 12.3 Å². The zero-order valence-corrected chi connectivity index (χ0v) is 13.7. The number of thiazole rings is 1. The number of rotatable bonds is 7. The predicted octanol–water partition coefficient (Wildman–Crippen LogP) is 3.41. The largest absolute Gasteiger partial charge is 0.481 e. The summed E-state index contributed by atoms with van der Waals surface area (Å²) < 4.78 is 0. The zero-order valence-electron chi connectivity index (χ0n) is 12.0. The van der Waals surface area contributed by atoms with E-state index in [4.69, 9.17) is 5.11 Å². The molecule has 7 heteroatoms. The Morgan fingerprint density at radius 2 is 2.23 bits per heavy atom. The number of carboxylic acid groups (broad SMARTS) is 1. The molecule has 0 aliphatic rings. The Bertz CT molecular complexity index is 670. The molecule has 2 rings (SSSR count). The van der Waals surface area contributed by atoms with E-state index in [1.807, 2.05) is 24.3 Å². The number of anilines is 1. The molecule has 0 saturated carbocycles. The second-order valence-corrected chi connectivity index (χ2v) is 6.58. The molecular weight excluding hydrogens is 320 g/mol. The summed E-state index contributed by atoms with van der Waals surface area (Å²) in [6, 6.07) is 7.57. The standard InChI is InChI=1S/C15H16N2O3S2/c1-10-14(22-9-16-10)15(20)17-12-4-2-3-11(7-12)8-21-6-5-13(18)19/h2-4,7,9H,5-6,8H2,1H3,(H,17,20)(H,18,19). The van der Waals surface area contributed by atoms with Crippen LogP contribution >= 0.6 is 23.1 Å². The van der Waals surface area contributed by atoms with E-state index in [1.165, 1.54) is 11.3 Å². The van der Waals surface area contributed by atoms with Crippen LogP contribution in [0.4, 0.5) is 5.69 Å². The molecule has 0 spiro atoms. The van der Waals surface area contributed by atoms with Gasteiger partial charge in [0.05, 0.1) is 17.6 Å². The van der Waals surface area contributed by atoms with Gasteiger partial charge in [-0.25, -0.2) is 4.98 Å². The second-order valence-electron chi connectivity index (χ2n) is 4.62. The van der Waals surface area contributed by atoms with Gasteiger partial charge in [-0.05, 0) is 24.6 Å². The van der Waals surface area contributed by atoms with Crippen molar-refractivity contribution >= 4 is 40.7 Å². The van der Waals surface area contributed by atoms with Gasteiger partial charge in [-0.3, -0.25) is 9.59 Å². The van der Waals surface area contributed by atoms with Crippen LogP contribution in [0.5, 0.6) is 0 Å². The van der Waals surface area contributed by atoms with E-state index in [0.717, 1.165) is 22.7 Å². The highest BCUT2D eigenvalue weighted by atomic mass is 32.2. The fourth-order valence-electron chi connectivity index (χ4n) is 1.80. The van der Waals surface area contributed by atoms with Crippen LogP contribution in [0.1, 0.15) is 27.3 Å². The highest BCUT2D eigenvalue weighted by Crippen LogP contribution is 2.19. The molecule has 0 atom stereocenters. The highest BCUT2D eigenvalue weighted by Gasteiger charge is 2.11. The van der Waals surface area contributed by atoms with E-state index in [0.29, 0.717) is 10.6 Å². The lowest BCUT2D eigenvalue weighted by atomic mass is 10.2. The van der Waals surface area contributed by atoms with Crippen molar-refractivity contribution in [3.63, 3.8) is 0 Å². The van der Waals surface area contributed by atoms with Gasteiger partial charge in [0.2, 0.25) is 0 Å². The van der Waals surface area contributed by atoms with Gasteiger partial charge < -0.3 is 10.4 Å².